The van der Waals surface area contributed by atoms with Crippen molar-refractivity contribution in [3.8, 4) is 11.6 Å². The van der Waals surface area contributed by atoms with Gasteiger partial charge >= 0.3 is 0 Å². The lowest BCUT2D eigenvalue weighted by Gasteiger charge is -2.28. The van der Waals surface area contributed by atoms with E-state index >= 15 is 0 Å². The van der Waals surface area contributed by atoms with E-state index in [1.807, 2.05) is 24.3 Å². The maximum atomic E-state index is 6.24. The Balaban J connectivity index is 1.37. The number of ether oxygens (including phenoxy) is 1. The average molecular weight is 395 g/mol. The Kier molecular flexibility index (Phi) is 4.77. The molecule has 5 nitrogen and oxygen atoms in total. The van der Waals surface area contributed by atoms with Gasteiger partial charge in [-0.3, -0.25) is 4.57 Å². The molecular weight excluding hydrogens is 372 g/mol. The van der Waals surface area contributed by atoms with Crippen LogP contribution in [0.2, 0.25) is 5.02 Å². The van der Waals surface area contributed by atoms with Crippen molar-refractivity contribution >= 4 is 11.6 Å². The van der Waals surface area contributed by atoms with Gasteiger partial charge in [0.05, 0.1) is 5.69 Å². The molecule has 6 heteroatoms. The Morgan fingerprint density at radius 1 is 1.00 bits per heavy atom. The van der Waals surface area contributed by atoms with Crippen LogP contribution in [0.15, 0.2) is 42.6 Å². The van der Waals surface area contributed by atoms with Crippen LogP contribution in [0.1, 0.15) is 55.2 Å². The van der Waals surface area contributed by atoms with E-state index in [2.05, 4.69) is 31.9 Å². The molecule has 28 heavy (non-hydrogen) atoms. The molecule has 1 aliphatic heterocycles. The topological polar surface area (TPSA) is 52.8 Å². The molecule has 5 rings (SSSR count). The second-order valence-electron chi connectivity index (χ2n) is 7.70. The Labute approximate surface area is 169 Å². The van der Waals surface area contributed by atoms with Crippen LogP contribution in [0.4, 0.5) is 0 Å². The van der Waals surface area contributed by atoms with Crippen LogP contribution in [-0.4, -0.2) is 25.9 Å². The van der Waals surface area contributed by atoms with Gasteiger partial charge in [0.2, 0.25) is 5.88 Å². The van der Waals surface area contributed by atoms with Gasteiger partial charge in [-0.25, -0.2) is 4.98 Å². The molecule has 1 aliphatic carbocycles. The van der Waals surface area contributed by atoms with E-state index in [4.69, 9.17) is 16.3 Å². The number of fused-ring (bicyclic) bond motifs is 3. The van der Waals surface area contributed by atoms with Crippen LogP contribution in [-0.2, 0) is 12.8 Å². The van der Waals surface area contributed by atoms with Gasteiger partial charge in [-0.05, 0) is 68.4 Å². The number of pyridine rings is 1. The van der Waals surface area contributed by atoms with E-state index in [1.165, 1.54) is 11.3 Å². The quantitative estimate of drug-likeness (QED) is 0.633. The molecule has 0 unspecified atom stereocenters. The first-order valence-electron chi connectivity index (χ1n) is 10.1. The number of rotatable bonds is 3. The highest BCUT2D eigenvalue weighted by molar-refractivity contribution is 6.30. The zero-order valence-corrected chi connectivity index (χ0v) is 16.5. The van der Waals surface area contributed by atoms with E-state index in [0.29, 0.717) is 11.8 Å². The van der Waals surface area contributed by atoms with Crippen LogP contribution >= 0.6 is 11.6 Å². The second-order valence-corrected chi connectivity index (χ2v) is 8.13. The van der Waals surface area contributed by atoms with Gasteiger partial charge in [-0.2, -0.15) is 0 Å². The van der Waals surface area contributed by atoms with Crippen molar-refractivity contribution in [3.05, 3.63) is 64.8 Å². The largest absolute Gasteiger partial charge is 0.474 e. The highest BCUT2D eigenvalue weighted by Gasteiger charge is 2.30. The van der Waals surface area contributed by atoms with Gasteiger partial charge in [0.1, 0.15) is 17.8 Å². The highest BCUT2D eigenvalue weighted by atomic mass is 35.5. The summed E-state index contributed by atoms with van der Waals surface area (Å²) in [6.07, 6.45) is 9.20. The normalized spacial score (nSPS) is 21.5. The van der Waals surface area contributed by atoms with Crippen LogP contribution in [0, 0.1) is 0 Å². The maximum Gasteiger partial charge on any atom is 0.213 e. The van der Waals surface area contributed by atoms with E-state index < -0.39 is 0 Å². The van der Waals surface area contributed by atoms with Gasteiger partial charge < -0.3 is 4.74 Å². The molecule has 0 radical (unpaired) electrons. The van der Waals surface area contributed by atoms with Crippen molar-refractivity contribution in [1.82, 2.24) is 19.7 Å². The molecule has 3 heterocycles. The molecule has 2 aliphatic rings. The third-order valence-electron chi connectivity index (χ3n) is 5.85. The summed E-state index contributed by atoms with van der Waals surface area (Å²) >= 11 is 6.24. The second kappa shape index (κ2) is 7.55. The van der Waals surface area contributed by atoms with Crippen LogP contribution in [0.3, 0.4) is 0 Å². The summed E-state index contributed by atoms with van der Waals surface area (Å²) in [5.74, 6) is 3.29. The van der Waals surface area contributed by atoms with E-state index in [9.17, 15) is 0 Å². The Hall–Kier alpha value is -2.40. The summed E-state index contributed by atoms with van der Waals surface area (Å²) in [7, 11) is 0. The van der Waals surface area contributed by atoms with Crippen LogP contribution in [0.5, 0.6) is 5.88 Å². The molecule has 0 bridgehead atoms. The van der Waals surface area contributed by atoms with Gasteiger partial charge in [0.15, 0.2) is 0 Å². The predicted molar refractivity (Wildman–Crippen MR) is 108 cm³/mol. The van der Waals surface area contributed by atoms with Crippen molar-refractivity contribution in [2.75, 3.05) is 0 Å². The number of halogens is 1. The molecule has 3 aromatic rings. The molecule has 0 atom stereocenters. The zero-order valence-electron chi connectivity index (χ0n) is 15.7. The molecule has 0 amide bonds. The van der Waals surface area contributed by atoms with Gasteiger partial charge in [0, 0.05) is 29.6 Å². The van der Waals surface area contributed by atoms with E-state index in [0.717, 1.165) is 61.6 Å². The third-order valence-corrected chi connectivity index (χ3v) is 6.08. The van der Waals surface area contributed by atoms with Crippen LogP contribution in [0.25, 0.3) is 5.69 Å². The van der Waals surface area contributed by atoms with Crippen molar-refractivity contribution in [2.24, 2.45) is 0 Å². The maximum absolute atomic E-state index is 6.24. The van der Waals surface area contributed by atoms with Crippen LogP contribution < -0.4 is 4.74 Å². The smallest absolute Gasteiger partial charge is 0.213 e. The molecular formula is C22H23ClN4O. The fourth-order valence-electron chi connectivity index (χ4n) is 4.45. The Bertz CT molecular complexity index is 964. The number of benzene rings is 1. The van der Waals surface area contributed by atoms with Gasteiger partial charge in [-0.1, -0.05) is 17.7 Å². The molecule has 1 aromatic carbocycles. The first kappa shape index (κ1) is 17.7. The van der Waals surface area contributed by atoms with Gasteiger partial charge in [0.25, 0.3) is 0 Å². The number of nitrogens with zero attached hydrogens (tertiary/aromatic N) is 4. The molecule has 0 spiro atoms. The van der Waals surface area contributed by atoms with Crippen molar-refractivity contribution < 1.29 is 4.74 Å². The third kappa shape index (κ3) is 3.39. The van der Waals surface area contributed by atoms with Crippen molar-refractivity contribution in [2.45, 2.75) is 57.0 Å². The van der Waals surface area contributed by atoms with Crippen molar-refractivity contribution in [1.29, 1.82) is 0 Å². The number of hydrogen-bond acceptors (Lipinski definition) is 4. The molecule has 0 saturated heterocycles. The molecule has 1 saturated carbocycles. The summed E-state index contributed by atoms with van der Waals surface area (Å²) in [4.78, 5) is 4.28. The van der Waals surface area contributed by atoms with E-state index in [-0.39, 0.29) is 6.10 Å². The summed E-state index contributed by atoms with van der Waals surface area (Å²) in [5, 5.41) is 9.95. The Morgan fingerprint density at radius 2 is 1.89 bits per heavy atom. The highest BCUT2D eigenvalue weighted by Crippen LogP contribution is 2.36. The molecule has 144 valence electrons. The summed E-state index contributed by atoms with van der Waals surface area (Å²) in [5.41, 5.74) is 2.49. The molecule has 0 N–H and O–H groups in total. The minimum atomic E-state index is 0.226. The average Bonchev–Trinajstić information content (AvgIpc) is 3.05. The standard InChI is InChI=1S/C22H23ClN4O/c23-17-9-12-19-16(14-17)4-3-5-20-25-26-22(27(19)20)15-7-10-18(11-8-15)28-21-6-1-2-13-24-21/h1-2,6,9,12-15,18H,3-5,7-8,10-11H2/t15-,18-. The molecule has 2 aromatic heterocycles. The number of aromatic nitrogens is 4. The SMILES string of the molecule is Clc1ccc2c(c1)CCCc1nnc([C@H]3CC[C@H](Oc4ccccn4)CC3)n1-2. The fourth-order valence-corrected chi connectivity index (χ4v) is 4.65. The summed E-state index contributed by atoms with van der Waals surface area (Å²) in [6, 6.07) is 12.0. The predicted octanol–water partition coefficient (Wildman–Crippen LogP) is 4.91. The molecule has 1 fully saturated rings. The minimum Gasteiger partial charge on any atom is -0.474 e. The van der Waals surface area contributed by atoms with Gasteiger partial charge in [-0.15, -0.1) is 10.2 Å². The lowest BCUT2D eigenvalue weighted by Crippen LogP contribution is -2.25. The lowest BCUT2D eigenvalue weighted by molar-refractivity contribution is 0.139. The first-order valence-corrected chi connectivity index (χ1v) is 10.5. The number of hydrogen-bond donors (Lipinski definition) is 0. The fraction of sp³-hybridized carbons (Fsp3) is 0.409. The van der Waals surface area contributed by atoms with E-state index in [1.54, 1.807) is 6.20 Å². The Morgan fingerprint density at radius 3 is 2.71 bits per heavy atom. The lowest BCUT2D eigenvalue weighted by atomic mass is 9.86. The zero-order chi connectivity index (χ0) is 18.9. The summed E-state index contributed by atoms with van der Waals surface area (Å²) < 4.78 is 8.35. The first-order chi connectivity index (χ1) is 13.8. The monoisotopic (exact) mass is 394 g/mol. The van der Waals surface area contributed by atoms with Crippen molar-refractivity contribution in [3.63, 3.8) is 0 Å². The minimum absolute atomic E-state index is 0.226. The number of aryl methyl sites for hydroxylation is 2. The summed E-state index contributed by atoms with van der Waals surface area (Å²) in [6.45, 7) is 0.